The molecule has 27 heavy (non-hydrogen) atoms. The summed E-state index contributed by atoms with van der Waals surface area (Å²) in [4.78, 5) is 30.7. The van der Waals surface area contributed by atoms with E-state index >= 15 is 0 Å². The molecule has 2 aromatic rings. The molecular formula is C22H23NO4. The van der Waals surface area contributed by atoms with Crippen LogP contribution in [-0.2, 0) is 19.1 Å². The van der Waals surface area contributed by atoms with Gasteiger partial charge in [0.15, 0.2) is 0 Å². The first-order valence-corrected chi connectivity index (χ1v) is 9.17. The molecule has 0 amide bonds. The zero-order valence-corrected chi connectivity index (χ0v) is 15.6. The van der Waals surface area contributed by atoms with E-state index in [2.05, 4.69) is 4.99 Å². The molecule has 0 bridgehead atoms. The molecule has 1 unspecified atom stereocenters. The number of esters is 2. The van der Waals surface area contributed by atoms with Crippen molar-refractivity contribution >= 4 is 17.7 Å². The van der Waals surface area contributed by atoms with Crippen molar-refractivity contribution in [2.24, 2.45) is 4.99 Å². The maximum absolute atomic E-state index is 13.0. The molecule has 1 aliphatic rings. The molecule has 0 spiro atoms. The van der Waals surface area contributed by atoms with Gasteiger partial charge < -0.3 is 9.47 Å². The van der Waals surface area contributed by atoms with Crippen LogP contribution in [0.2, 0.25) is 0 Å². The predicted octanol–water partition coefficient (Wildman–Crippen LogP) is 3.53. The fraction of sp³-hybridized carbons (Fsp3) is 0.318. The fourth-order valence-electron chi connectivity index (χ4n) is 3.48. The Morgan fingerprint density at radius 1 is 0.926 bits per heavy atom. The Morgan fingerprint density at radius 2 is 1.44 bits per heavy atom. The van der Waals surface area contributed by atoms with E-state index in [0.717, 1.165) is 11.1 Å². The van der Waals surface area contributed by atoms with Gasteiger partial charge in [-0.25, -0.2) is 9.59 Å². The highest BCUT2D eigenvalue weighted by Gasteiger charge is 2.59. The van der Waals surface area contributed by atoms with E-state index < -0.39 is 23.4 Å². The van der Waals surface area contributed by atoms with Gasteiger partial charge in [0, 0.05) is 18.1 Å². The number of benzene rings is 2. The molecule has 5 heteroatoms. The number of hydrogen-bond donors (Lipinski definition) is 0. The number of hydrogen-bond acceptors (Lipinski definition) is 5. The van der Waals surface area contributed by atoms with Crippen molar-refractivity contribution in [2.75, 3.05) is 13.2 Å². The molecule has 2 aromatic carbocycles. The van der Waals surface area contributed by atoms with Crippen LogP contribution in [0.25, 0.3) is 0 Å². The maximum Gasteiger partial charge on any atom is 0.346 e. The summed E-state index contributed by atoms with van der Waals surface area (Å²) in [6.07, 6.45) is 0.450. The Kier molecular flexibility index (Phi) is 5.69. The first-order chi connectivity index (χ1) is 13.1. The highest BCUT2D eigenvalue weighted by molar-refractivity contribution is 6.14. The van der Waals surface area contributed by atoms with E-state index in [1.54, 1.807) is 13.8 Å². The van der Waals surface area contributed by atoms with E-state index in [0.29, 0.717) is 12.1 Å². The minimum absolute atomic E-state index is 0.164. The molecule has 0 N–H and O–H groups in total. The SMILES string of the molecule is CCOC(=O)C1(C(=O)OCC)N=C(c2ccccc2)CC1c1ccccc1. The Bertz CT molecular complexity index is 812. The molecule has 1 heterocycles. The molecule has 1 aliphatic heterocycles. The molecule has 0 aliphatic carbocycles. The highest BCUT2D eigenvalue weighted by Crippen LogP contribution is 2.43. The molecule has 5 nitrogen and oxygen atoms in total. The monoisotopic (exact) mass is 365 g/mol. The standard InChI is InChI=1S/C22H23NO4/c1-3-26-20(24)22(21(25)27-4-2)18(16-11-7-5-8-12-16)15-19(23-22)17-13-9-6-10-14-17/h5-14,18H,3-4,15H2,1-2H3. The van der Waals surface area contributed by atoms with Crippen LogP contribution in [-0.4, -0.2) is 36.4 Å². The Balaban J connectivity index is 2.16. The summed E-state index contributed by atoms with van der Waals surface area (Å²) in [6.45, 7) is 3.76. The number of carbonyl (C=O) groups is 2. The van der Waals surface area contributed by atoms with E-state index in [4.69, 9.17) is 9.47 Å². The summed E-state index contributed by atoms with van der Waals surface area (Å²) >= 11 is 0. The van der Waals surface area contributed by atoms with Gasteiger partial charge in [0.2, 0.25) is 0 Å². The van der Waals surface area contributed by atoms with Crippen LogP contribution in [0.3, 0.4) is 0 Å². The molecule has 1 atom stereocenters. The van der Waals surface area contributed by atoms with Crippen LogP contribution in [0.4, 0.5) is 0 Å². The van der Waals surface area contributed by atoms with Crippen molar-refractivity contribution in [1.82, 2.24) is 0 Å². The second-order valence-corrected chi connectivity index (χ2v) is 6.30. The lowest BCUT2D eigenvalue weighted by Gasteiger charge is -2.28. The quantitative estimate of drug-likeness (QED) is 0.580. The summed E-state index contributed by atoms with van der Waals surface area (Å²) in [6, 6.07) is 19.1. The molecule has 0 aromatic heterocycles. The first-order valence-electron chi connectivity index (χ1n) is 9.17. The smallest absolute Gasteiger partial charge is 0.346 e. The van der Waals surface area contributed by atoms with Crippen molar-refractivity contribution in [1.29, 1.82) is 0 Å². The number of carbonyl (C=O) groups excluding carboxylic acids is 2. The molecule has 0 radical (unpaired) electrons. The van der Waals surface area contributed by atoms with Gasteiger partial charge in [0.05, 0.1) is 13.2 Å². The highest BCUT2D eigenvalue weighted by atomic mass is 16.6. The average molecular weight is 365 g/mol. The Morgan fingerprint density at radius 3 is 1.96 bits per heavy atom. The lowest BCUT2D eigenvalue weighted by atomic mass is 9.79. The van der Waals surface area contributed by atoms with Gasteiger partial charge >= 0.3 is 11.9 Å². The van der Waals surface area contributed by atoms with Crippen LogP contribution in [0, 0.1) is 0 Å². The summed E-state index contributed by atoms with van der Waals surface area (Å²) in [5.74, 6) is -1.81. The van der Waals surface area contributed by atoms with Gasteiger partial charge in [-0.05, 0) is 25.0 Å². The lowest BCUT2D eigenvalue weighted by Crippen LogP contribution is -2.50. The molecule has 0 fully saturated rings. The molecule has 0 saturated carbocycles. The van der Waals surface area contributed by atoms with E-state index in [9.17, 15) is 9.59 Å². The third-order valence-electron chi connectivity index (χ3n) is 4.70. The Labute approximate surface area is 159 Å². The number of nitrogens with zero attached hydrogens (tertiary/aromatic N) is 1. The zero-order valence-electron chi connectivity index (χ0n) is 15.6. The van der Waals surface area contributed by atoms with Gasteiger partial charge in [0.25, 0.3) is 5.54 Å². The lowest BCUT2D eigenvalue weighted by molar-refractivity contribution is -0.164. The van der Waals surface area contributed by atoms with Crippen molar-refractivity contribution in [3.63, 3.8) is 0 Å². The van der Waals surface area contributed by atoms with Crippen LogP contribution < -0.4 is 0 Å². The fourth-order valence-corrected chi connectivity index (χ4v) is 3.48. The van der Waals surface area contributed by atoms with E-state index in [-0.39, 0.29) is 13.2 Å². The third kappa shape index (κ3) is 3.50. The van der Waals surface area contributed by atoms with Crippen LogP contribution in [0.5, 0.6) is 0 Å². The van der Waals surface area contributed by atoms with E-state index in [1.165, 1.54) is 0 Å². The normalized spacial score (nSPS) is 17.9. The van der Waals surface area contributed by atoms with Crippen LogP contribution >= 0.6 is 0 Å². The summed E-state index contributed by atoms with van der Waals surface area (Å²) in [7, 11) is 0. The maximum atomic E-state index is 13.0. The minimum Gasteiger partial charge on any atom is -0.464 e. The van der Waals surface area contributed by atoms with Gasteiger partial charge in [-0.1, -0.05) is 60.7 Å². The van der Waals surface area contributed by atoms with Gasteiger partial charge in [-0.15, -0.1) is 0 Å². The molecule has 3 rings (SSSR count). The second kappa shape index (κ2) is 8.16. The molecule has 140 valence electrons. The first kappa shape index (κ1) is 18.8. The zero-order chi connectivity index (χ0) is 19.3. The third-order valence-corrected chi connectivity index (χ3v) is 4.70. The molecule has 0 saturated heterocycles. The predicted molar refractivity (Wildman–Crippen MR) is 103 cm³/mol. The van der Waals surface area contributed by atoms with Crippen molar-refractivity contribution < 1.29 is 19.1 Å². The average Bonchev–Trinajstić information content (AvgIpc) is 3.12. The van der Waals surface area contributed by atoms with Crippen molar-refractivity contribution in [3.05, 3.63) is 71.8 Å². The van der Waals surface area contributed by atoms with Crippen molar-refractivity contribution in [2.45, 2.75) is 31.7 Å². The van der Waals surface area contributed by atoms with Gasteiger partial charge in [-0.3, -0.25) is 4.99 Å². The minimum atomic E-state index is -1.72. The molecular weight excluding hydrogens is 342 g/mol. The van der Waals surface area contributed by atoms with E-state index in [1.807, 2.05) is 60.7 Å². The van der Waals surface area contributed by atoms with Crippen LogP contribution in [0.1, 0.15) is 37.3 Å². The van der Waals surface area contributed by atoms with Gasteiger partial charge in [-0.2, -0.15) is 0 Å². The largest absolute Gasteiger partial charge is 0.464 e. The summed E-state index contributed by atoms with van der Waals surface area (Å²) in [5, 5.41) is 0. The number of rotatable bonds is 6. The second-order valence-electron chi connectivity index (χ2n) is 6.30. The van der Waals surface area contributed by atoms with Gasteiger partial charge in [0.1, 0.15) is 0 Å². The van der Waals surface area contributed by atoms with Crippen molar-refractivity contribution in [3.8, 4) is 0 Å². The number of ether oxygens (including phenoxy) is 2. The summed E-state index contributed by atoms with van der Waals surface area (Å²) < 4.78 is 10.6. The topological polar surface area (TPSA) is 65.0 Å². The van der Waals surface area contributed by atoms with Crippen LogP contribution in [0.15, 0.2) is 65.7 Å². The summed E-state index contributed by atoms with van der Waals surface area (Å²) in [5.41, 5.74) is 0.714. The Hall–Kier alpha value is -2.95. The number of aliphatic imine (C=N–C) groups is 1.